The second-order valence-corrected chi connectivity index (χ2v) is 9.55. The number of Topliss-reactive ketones (excluding diaryl/α,β-unsaturated/α-hetero) is 1. The van der Waals surface area contributed by atoms with Crippen LogP contribution in [0.4, 0.5) is 26.3 Å². The Balaban J connectivity index is 0.000000454. The number of guanidine groups is 1. The molecule has 0 unspecified atom stereocenters. The lowest BCUT2D eigenvalue weighted by Gasteiger charge is -2.35. The van der Waals surface area contributed by atoms with Crippen LogP contribution < -0.4 is 5.73 Å². The number of halogens is 6. The van der Waals surface area contributed by atoms with E-state index in [-0.39, 0.29) is 37.6 Å². The lowest BCUT2D eigenvalue weighted by Crippen LogP contribution is -2.50. The van der Waals surface area contributed by atoms with Crippen LogP contribution in [0.25, 0.3) is 0 Å². The summed E-state index contributed by atoms with van der Waals surface area (Å²) in [5, 5.41) is 7.12. The number of carbonyl (C=O) groups is 3. The van der Waals surface area contributed by atoms with E-state index in [1.54, 1.807) is 31.2 Å². The number of carboxylic acids is 1. The lowest BCUT2D eigenvalue weighted by atomic mass is 9.85. The summed E-state index contributed by atoms with van der Waals surface area (Å²) >= 11 is 0. The lowest BCUT2D eigenvalue weighted by molar-refractivity contribution is -0.193. The van der Waals surface area contributed by atoms with Gasteiger partial charge < -0.3 is 10.8 Å². The highest BCUT2D eigenvalue weighted by Gasteiger charge is 2.67. The molecule has 0 bridgehead atoms. The molecular weight excluding hydrogens is 496 g/mol. The molecule has 36 heavy (non-hydrogen) atoms. The van der Waals surface area contributed by atoms with Gasteiger partial charge in [-0.25, -0.2) is 9.79 Å². The maximum atomic E-state index is 13.2. The molecule has 1 heterocycles. The molecule has 1 aliphatic heterocycles. The van der Waals surface area contributed by atoms with Crippen molar-refractivity contribution < 1.29 is 45.8 Å². The van der Waals surface area contributed by atoms with Crippen LogP contribution in [0.5, 0.6) is 0 Å². The van der Waals surface area contributed by atoms with Gasteiger partial charge in [-0.05, 0) is 49.7 Å². The van der Waals surface area contributed by atoms with E-state index in [0.29, 0.717) is 23.6 Å². The van der Waals surface area contributed by atoms with E-state index >= 15 is 0 Å². The number of nitrogens with two attached hydrogens (primary N) is 1. The summed E-state index contributed by atoms with van der Waals surface area (Å²) < 4.78 is 71.3. The molecule has 1 aromatic carbocycles. The van der Waals surface area contributed by atoms with E-state index in [1.807, 2.05) is 0 Å². The molecule has 1 amide bonds. The Morgan fingerprint density at radius 1 is 1.17 bits per heavy atom. The second-order valence-electron chi connectivity index (χ2n) is 9.55. The predicted molar refractivity (Wildman–Crippen MR) is 115 cm³/mol. The number of ketones is 1. The zero-order chi connectivity index (χ0) is 27.1. The van der Waals surface area contributed by atoms with Gasteiger partial charge in [0.2, 0.25) is 5.91 Å². The molecule has 1 atom stereocenters. The summed E-state index contributed by atoms with van der Waals surface area (Å²) in [6.07, 6.45) is -7.85. The van der Waals surface area contributed by atoms with Gasteiger partial charge in [0.15, 0.2) is 11.7 Å². The number of amides is 1. The van der Waals surface area contributed by atoms with Gasteiger partial charge in [-0.1, -0.05) is 24.3 Å². The van der Waals surface area contributed by atoms with E-state index in [0.717, 1.165) is 12.8 Å². The summed E-state index contributed by atoms with van der Waals surface area (Å²) in [4.78, 5) is 40.0. The number of nitrogens with zero attached hydrogens (tertiary/aromatic N) is 2. The van der Waals surface area contributed by atoms with Crippen LogP contribution in [0, 0.1) is 11.3 Å². The number of benzene rings is 1. The standard InChI is InChI=1S/C21H24F3N3O2.C2HF3O2/c1-19(11-17(29)27(18(25)26-19)12-13-5-6-13)15-4-2-3-14(9-15)10-16(28)20(7-8-20)21(22,23)24;3-2(4,5)1(6)7/h2-4,9,13H,5-8,10-12H2,1H3,(H2,25,26);(H,6,7)/t19-;/m0./s1. The number of rotatable bonds is 6. The largest absolute Gasteiger partial charge is 0.490 e. The number of carbonyl (C=O) groups excluding carboxylic acids is 2. The van der Waals surface area contributed by atoms with E-state index < -0.39 is 35.1 Å². The Labute approximate surface area is 202 Å². The van der Waals surface area contributed by atoms with Crippen molar-refractivity contribution in [1.82, 2.24) is 4.90 Å². The summed E-state index contributed by atoms with van der Waals surface area (Å²) in [7, 11) is 0. The van der Waals surface area contributed by atoms with Crippen molar-refractivity contribution in [3.63, 3.8) is 0 Å². The number of hydrogen-bond donors (Lipinski definition) is 2. The highest BCUT2D eigenvalue weighted by atomic mass is 19.4. The zero-order valence-corrected chi connectivity index (χ0v) is 19.2. The van der Waals surface area contributed by atoms with Crippen molar-refractivity contribution in [2.75, 3.05) is 6.54 Å². The molecule has 3 N–H and O–H groups in total. The quantitative estimate of drug-likeness (QED) is 0.551. The van der Waals surface area contributed by atoms with Crippen LogP contribution in [0.2, 0.25) is 0 Å². The number of aliphatic carboxylic acids is 1. The van der Waals surface area contributed by atoms with Crippen molar-refractivity contribution in [3.8, 4) is 0 Å². The first kappa shape index (κ1) is 27.5. The fourth-order valence-corrected chi connectivity index (χ4v) is 4.01. The molecule has 4 rings (SSSR count). The third-order valence-electron chi connectivity index (χ3n) is 6.55. The third kappa shape index (κ3) is 5.98. The fourth-order valence-electron chi connectivity index (χ4n) is 4.01. The van der Waals surface area contributed by atoms with Crippen molar-refractivity contribution in [1.29, 1.82) is 0 Å². The Kier molecular flexibility index (Phi) is 7.17. The predicted octanol–water partition coefficient (Wildman–Crippen LogP) is 3.95. The Hall–Kier alpha value is -3.12. The Morgan fingerprint density at radius 2 is 1.75 bits per heavy atom. The smallest absolute Gasteiger partial charge is 0.475 e. The minimum Gasteiger partial charge on any atom is -0.475 e. The van der Waals surface area contributed by atoms with Crippen LogP contribution in [-0.2, 0) is 26.3 Å². The Bertz CT molecular complexity index is 1080. The molecule has 1 aromatic rings. The number of alkyl halides is 6. The summed E-state index contributed by atoms with van der Waals surface area (Å²) in [6.45, 7) is 2.36. The van der Waals surface area contributed by atoms with Crippen LogP contribution in [-0.4, -0.2) is 52.5 Å². The third-order valence-corrected chi connectivity index (χ3v) is 6.55. The van der Waals surface area contributed by atoms with E-state index in [2.05, 4.69) is 4.99 Å². The minimum absolute atomic E-state index is 0.109. The number of aliphatic imine (C=N–C) groups is 1. The van der Waals surface area contributed by atoms with Crippen molar-refractivity contribution in [2.24, 2.45) is 22.1 Å². The SMILES string of the molecule is C[C@@]1(c2cccc(CC(=O)C3(C(F)(F)F)CC3)c2)CC(=O)N(CC2CC2)C(N)=N1.O=C(O)C(F)(F)F. The Morgan fingerprint density at radius 3 is 2.19 bits per heavy atom. The highest BCUT2D eigenvalue weighted by Crippen LogP contribution is 2.58. The maximum absolute atomic E-state index is 13.2. The molecule has 13 heteroatoms. The first-order chi connectivity index (χ1) is 16.5. The fraction of sp³-hybridized carbons (Fsp3) is 0.565. The summed E-state index contributed by atoms with van der Waals surface area (Å²) in [5.74, 6) is -3.01. The van der Waals surface area contributed by atoms with Gasteiger partial charge in [0, 0.05) is 13.0 Å². The van der Waals surface area contributed by atoms with Gasteiger partial charge in [-0.3, -0.25) is 14.5 Å². The molecule has 2 aliphatic carbocycles. The van der Waals surface area contributed by atoms with Gasteiger partial charge >= 0.3 is 18.3 Å². The monoisotopic (exact) mass is 521 g/mol. The van der Waals surface area contributed by atoms with Gasteiger partial charge in [0.1, 0.15) is 5.41 Å². The molecule has 2 fully saturated rings. The minimum atomic E-state index is -5.08. The maximum Gasteiger partial charge on any atom is 0.490 e. The molecule has 2 saturated carbocycles. The zero-order valence-electron chi connectivity index (χ0n) is 19.2. The van der Waals surface area contributed by atoms with Crippen LogP contribution >= 0.6 is 0 Å². The van der Waals surface area contributed by atoms with Crippen LogP contribution in [0.1, 0.15) is 50.2 Å². The van der Waals surface area contributed by atoms with E-state index in [1.165, 1.54) is 4.90 Å². The average Bonchev–Trinajstić information content (AvgIpc) is 3.65. The van der Waals surface area contributed by atoms with Gasteiger partial charge in [-0.2, -0.15) is 26.3 Å². The van der Waals surface area contributed by atoms with Gasteiger partial charge in [-0.15, -0.1) is 0 Å². The summed E-state index contributed by atoms with van der Waals surface area (Å²) in [5.41, 5.74) is 4.14. The van der Waals surface area contributed by atoms with Crippen molar-refractivity contribution >= 4 is 23.6 Å². The molecule has 0 radical (unpaired) electrons. The normalized spacial score (nSPS) is 23.4. The topological polar surface area (TPSA) is 113 Å². The number of hydrogen-bond acceptors (Lipinski definition) is 5. The van der Waals surface area contributed by atoms with E-state index in [9.17, 15) is 35.9 Å². The molecule has 0 spiro atoms. The van der Waals surface area contributed by atoms with Crippen molar-refractivity contribution in [2.45, 2.75) is 63.3 Å². The first-order valence-electron chi connectivity index (χ1n) is 11.1. The molecule has 0 saturated heterocycles. The van der Waals surface area contributed by atoms with Crippen LogP contribution in [0.3, 0.4) is 0 Å². The van der Waals surface area contributed by atoms with Gasteiger partial charge in [0.05, 0.1) is 12.0 Å². The van der Waals surface area contributed by atoms with Crippen molar-refractivity contribution in [3.05, 3.63) is 35.4 Å². The molecule has 3 aliphatic rings. The molecule has 7 nitrogen and oxygen atoms in total. The summed E-state index contributed by atoms with van der Waals surface area (Å²) in [6, 6.07) is 6.76. The molecule has 198 valence electrons. The van der Waals surface area contributed by atoms with Crippen LogP contribution in [0.15, 0.2) is 29.3 Å². The second kappa shape index (κ2) is 9.40. The average molecular weight is 521 g/mol. The molecular formula is C23H25F6N3O4. The molecule has 0 aromatic heterocycles. The van der Waals surface area contributed by atoms with Gasteiger partial charge in [0.25, 0.3) is 0 Å². The van der Waals surface area contributed by atoms with E-state index in [4.69, 9.17) is 15.6 Å². The first-order valence-corrected chi connectivity index (χ1v) is 11.1. The number of carboxylic acid groups (broad SMARTS) is 1. The highest BCUT2D eigenvalue weighted by molar-refractivity contribution is 5.99.